The molecule has 2 aromatic rings. The lowest BCUT2D eigenvalue weighted by molar-refractivity contribution is 0.149. The van der Waals surface area contributed by atoms with Crippen molar-refractivity contribution in [2.45, 2.75) is 25.4 Å². The minimum absolute atomic E-state index is 0.167. The zero-order chi connectivity index (χ0) is 15.4. The lowest BCUT2D eigenvalue weighted by Gasteiger charge is -2.36. The molecule has 0 amide bonds. The molecule has 2 nitrogen and oxygen atoms in total. The predicted octanol–water partition coefficient (Wildman–Crippen LogP) is 3.22. The maximum atomic E-state index is 13.3. The summed E-state index contributed by atoms with van der Waals surface area (Å²) in [5.41, 5.74) is 8.63. The molecule has 1 aliphatic rings. The van der Waals surface area contributed by atoms with Gasteiger partial charge in [-0.15, -0.1) is 0 Å². The topological polar surface area (TPSA) is 29.3 Å². The summed E-state index contributed by atoms with van der Waals surface area (Å²) in [5, 5.41) is 0. The number of halogens is 1. The third kappa shape index (κ3) is 4.15. The van der Waals surface area contributed by atoms with Crippen molar-refractivity contribution in [3.05, 3.63) is 71.5 Å². The Labute approximate surface area is 131 Å². The van der Waals surface area contributed by atoms with Crippen LogP contribution in [0.4, 0.5) is 4.39 Å². The van der Waals surface area contributed by atoms with Crippen LogP contribution >= 0.6 is 0 Å². The number of rotatable bonds is 4. The number of nitrogens with two attached hydrogens (primary N) is 1. The Morgan fingerprint density at radius 3 is 2.55 bits per heavy atom. The van der Waals surface area contributed by atoms with E-state index in [0.29, 0.717) is 5.92 Å². The van der Waals surface area contributed by atoms with Crippen molar-refractivity contribution in [2.24, 2.45) is 11.7 Å². The molecular weight excluding hydrogens is 275 g/mol. The van der Waals surface area contributed by atoms with E-state index in [4.69, 9.17) is 5.73 Å². The maximum absolute atomic E-state index is 13.3. The van der Waals surface area contributed by atoms with Gasteiger partial charge in [0.25, 0.3) is 0 Å². The Kier molecular flexibility index (Phi) is 4.86. The molecule has 2 unspecified atom stereocenters. The second-order valence-corrected chi connectivity index (χ2v) is 6.38. The van der Waals surface area contributed by atoms with Crippen LogP contribution in [0.25, 0.3) is 0 Å². The highest BCUT2D eigenvalue weighted by molar-refractivity contribution is 5.17. The van der Waals surface area contributed by atoms with Gasteiger partial charge in [0.15, 0.2) is 0 Å². The molecule has 0 aliphatic carbocycles. The van der Waals surface area contributed by atoms with Gasteiger partial charge in [-0.1, -0.05) is 42.5 Å². The van der Waals surface area contributed by atoms with Gasteiger partial charge in [-0.25, -0.2) is 4.39 Å². The minimum Gasteiger partial charge on any atom is -0.327 e. The Morgan fingerprint density at radius 1 is 1.00 bits per heavy atom. The molecule has 22 heavy (non-hydrogen) atoms. The average molecular weight is 298 g/mol. The molecule has 116 valence electrons. The van der Waals surface area contributed by atoms with Crippen molar-refractivity contribution in [3.8, 4) is 0 Å². The molecule has 3 rings (SSSR count). The van der Waals surface area contributed by atoms with E-state index in [9.17, 15) is 4.39 Å². The summed E-state index contributed by atoms with van der Waals surface area (Å²) in [6, 6.07) is 17.6. The highest BCUT2D eigenvalue weighted by Gasteiger charge is 2.25. The molecule has 2 atom stereocenters. The maximum Gasteiger partial charge on any atom is 0.123 e. The van der Waals surface area contributed by atoms with Gasteiger partial charge in [0.1, 0.15) is 5.82 Å². The molecule has 2 aromatic carbocycles. The van der Waals surface area contributed by atoms with Crippen LogP contribution in [0.1, 0.15) is 17.5 Å². The van der Waals surface area contributed by atoms with E-state index < -0.39 is 0 Å². The minimum atomic E-state index is -0.167. The van der Waals surface area contributed by atoms with Crippen LogP contribution in [0, 0.1) is 11.7 Å². The van der Waals surface area contributed by atoms with E-state index in [-0.39, 0.29) is 11.9 Å². The number of hydrogen-bond donors (Lipinski definition) is 1. The van der Waals surface area contributed by atoms with E-state index >= 15 is 0 Å². The molecular formula is C19H23FN2. The first-order chi connectivity index (χ1) is 10.7. The molecule has 0 saturated carbocycles. The summed E-state index contributed by atoms with van der Waals surface area (Å²) in [6.45, 7) is 2.69. The molecule has 0 bridgehead atoms. The molecule has 3 heteroatoms. The first-order valence-electron chi connectivity index (χ1n) is 7.95. The average Bonchev–Trinajstić information content (AvgIpc) is 2.47. The third-order valence-electron chi connectivity index (χ3n) is 4.31. The van der Waals surface area contributed by atoms with Crippen molar-refractivity contribution in [1.29, 1.82) is 0 Å². The Balaban J connectivity index is 1.63. The zero-order valence-electron chi connectivity index (χ0n) is 12.8. The summed E-state index contributed by atoms with van der Waals surface area (Å²) >= 11 is 0. The number of piperidine rings is 1. The van der Waals surface area contributed by atoms with E-state index in [2.05, 4.69) is 29.2 Å². The number of nitrogens with zero attached hydrogens (tertiary/aromatic N) is 1. The van der Waals surface area contributed by atoms with Gasteiger partial charge < -0.3 is 5.73 Å². The van der Waals surface area contributed by atoms with Crippen molar-refractivity contribution in [2.75, 3.05) is 13.1 Å². The van der Waals surface area contributed by atoms with Crippen LogP contribution in [0.5, 0.6) is 0 Å². The molecule has 2 N–H and O–H groups in total. The Bertz CT molecular complexity index is 599. The van der Waals surface area contributed by atoms with Gasteiger partial charge in [-0.05, 0) is 42.0 Å². The monoisotopic (exact) mass is 298 g/mol. The summed E-state index contributed by atoms with van der Waals surface area (Å²) in [4.78, 5) is 2.36. The van der Waals surface area contributed by atoms with Crippen molar-refractivity contribution in [3.63, 3.8) is 0 Å². The van der Waals surface area contributed by atoms with Crippen LogP contribution in [0.2, 0.25) is 0 Å². The molecule has 0 spiro atoms. The second kappa shape index (κ2) is 7.03. The third-order valence-corrected chi connectivity index (χ3v) is 4.31. The Morgan fingerprint density at radius 2 is 1.77 bits per heavy atom. The summed E-state index contributed by atoms with van der Waals surface area (Å²) < 4.78 is 13.3. The van der Waals surface area contributed by atoms with E-state index in [1.54, 1.807) is 12.1 Å². The number of likely N-dealkylation sites (tertiary alicyclic amines) is 1. The standard InChI is InChI=1S/C19H23FN2/c20-18-8-4-7-16(10-18)12-22-13-17(11-19(21)14-22)9-15-5-2-1-3-6-15/h1-8,10,17,19H,9,11-14,21H2. The van der Waals surface area contributed by atoms with E-state index in [0.717, 1.165) is 38.0 Å². The first-order valence-corrected chi connectivity index (χ1v) is 7.95. The van der Waals surface area contributed by atoms with Crippen LogP contribution < -0.4 is 5.73 Å². The Hall–Kier alpha value is -1.71. The van der Waals surface area contributed by atoms with Crippen LogP contribution in [-0.2, 0) is 13.0 Å². The second-order valence-electron chi connectivity index (χ2n) is 6.38. The van der Waals surface area contributed by atoms with Crippen molar-refractivity contribution < 1.29 is 4.39 Å². The number of benzene rings is 2. The molecule has 1 heterocycles. The molecule has 1 fully saturated rings. The zero-order valence-corrected chi connectivity index (χ0v) is 12.8. The quantitative estimate of drug-likeness (QED) is 0.939. The normalized spacial score (nSPS) is 22.6. The highest BCUT2D eigenvalue weighted by Crippen LogP contribution is 2.22. The molecule has 0 radical (unpaired) electrons. The molecule has 1 saturated heterocycles. The van der Waals surface area contributed by atoms with Crippen molar-refractivity contribution >= 4 is 0 Å². The summed E-state index contributed by atoms with van der Waals surface area (Å²) in [6.07, 6.45) is 2.13. The largest absolute Gasteiger partial charge is 0.327 e. The summed E-state index contributed by atoms with van der Waals surface area (Å²) in [7, 11) is 0. The first kappa shape index (κ1) is 15.2. The van der Waals surface area contributed by atoms with Crippen molar-refractivity contribution in [1.82, 2.24) is 4.90 Å². The fourth-order valence-corrected chi connectivity index (χ4v) is 3.47. The smallest absolute Gasteiger partial charge is 0.123 e. The SMILES string of the molecule is NC1CC(Cc2ccccc2)CN(Cc2cccc(F)c2)C1. The van der Waals surface area contributed by atoms with Gasteiger partial charge in [-0.2, -0.15) is 0 Å². The fraction of sp³-hybridized carbons (Fsp3) is 0.368. The fourth-order valence-electron chi connectivity index (χ4n) is 3.47. The molecule has 0 aromatic heterocycles. The van der Waals surface area contributed by atoms with Gasteiger partial charge in [0.2, 0.25) is 0 Å². The van der Waals surface area contributed by atoms with Gasteiger partial charge in [-0.3, -0.25) is 4.90 Å². The van der Waals surface area contributed by atoms with E-state index in [1.165, 1.54) is 11.6 Å². The van der Waals surface area contributed by atoms with Crippen LogP contribution in [-0.4, -0.2) is 24.0 Å². The highest BCUT2D eigenvalue weighted by atomic mass is 19.1. The van der Waals surface area contributed by atoms with Gasteiger partial charge in [0, 0.05) is 25.7 Å². The predicted molar refractivity (Wildman–Crippen MR) is 87.9 cm³/mol. The lowest BCUT2D eigenvalue weighted by atomic mass is 9.89. The van der Waals surface area contributed by atoms with Gasteiger partial charge >= 0.3 is 0 Å². The van der Waals surface area contributed by atoms with Crippen LogP contribution in [0.3, 0.4) is 0 Å². The molecule has 1 aliphatic heterocycles. The van der Waals surface area contributed by atoms with E-state index in [1.807, 2.05) is 12.1 Å². The number of hydrogen-bond acceptors (Lipinski definition) is 2. The lowest BCUT2D eigenvalue weighted by Crippen LogP contribution is -2.47. The van der Waals surface area contributed by atoms with Gasteiger partial charge in [0.05, 0.1) is 0 Å². The summed E-state index contributed by atoms with van der Waals surface area (Å²) in [5.74, 6) is 0.402. The van der Waals surface area contributed by atoms with Crippen LogP contribution in [0.15, 0.2) is 54.6 Å².